The molecule has 0 unspecified atom stereocenters. The molecule has 0 aliphatic carbocycles. The number of benzene rings is 2. The van der Waals surface area contributed by atoms with Gasteiger partial charge in [0.05, 0.1) is 4.43 Å². The molecule has 0 radical (unpaired) electrons. The van der Waals surface area contributed by atoms with Gasteiger partial charge in [-0.1, -0.05) is 59.0 Å². The van der Waals surface area contributed by atoms with Crippen molar-refractivity contribution in [1.82, 2.24) is 0 Å². The van der Waals surface area contributed by atoms with Gasteiger partial charge >= 0.3 is 0 Å². The minimum Gasteiger partial charge on any atom is -0.325 e. The normalized spacial score (nSPS) is 10.2. The number of hydrogen-bond acceptors (Lipinski definition) is 1. The van der Waals surface area contributed by atoms with Crippen molar-refractivity contribution in [2.75, 3.05) is 9.74 Å². The van der Waals surface area contributed by atoms with Crippen LogP contribution in [0.15, 0.2) is 42.5 Å². The molecule has 0 aromatic heterocycles. The number of anilines is 1. The molecule has 0 atom stereocenters. The summed E-state index contributed by atoms with van der Waals surface area (Å²) in [5.74, 6) is 0.0342. The summed E-state index contributed by atoms with van der Waals surface area (Å²) >= 11 is 2.05. The Morgan fingerprint density at radius 1 is 1.13 bits per heavy atom. The standard InChI is InChI=1S/C12H10INO/c13-8-12(15)14-11-7-3-5-9-4-1-2-6-10(9)11/h1-7H,8H2,(H,14,15). The molecule has 0 saturated heterocycles. The van der Waals surface area contributed by atoms with E-state index in [0.29, 0.717) is 4.43 Å². The number of alkyl halides is 1. The highest BCUT2D eigenvalue weighted by atomic mass is 127. The number of carbonyl (C=O) groups is 1. The van der Waals surface area contributed by atoms with Crippen molar-refractivity contribution in [3.8, 4) is 0 Å². The average molecular weight is 311 g/mol. The van der Waals surface area contributed by atoms with E-state index in [1.54, 1.807) is 0 Å². The van der Waals surface area contributed by atoms with E-state index >= 15 is 0 Å². The first-order chi connectivity index (χ1) is 7.31. The van der Waals surface area contributed by atoms with Crippen molar-refractivity contribution < 1.29 is 4.79 Å². The fourth-order valence-corrected chi connectivity index (χ4v) is 1.71. The highest BCUT2D eigenvalue weighted by molar-refractivity contribution is 14.1. The van der Waals surface area contributed by atoms with Gasteiger partial charge in [0.25, 0.3) is 0 Å². The quantitative estimate of drug-likeness (QED) is 0.670. The van der Waals surface area contributed by atoms with Crippen molar-refractivity contribution in [2.45, 2.75) is 0 Å². The van der Waals surface area contributed by atoms with Gasteiger partial charge in [0.2, 0.25) is 5.91 Å². The summed E-state index contributed by atoms with van der Waals surface area (Å²) in [5.41, 5.74) is 0.884. The number of hydrogen-bond donors (Lipinski definition) is 1. The molecule has 1 N–H and O–H groups in total. The molecule has 2 nitrogen and oxygen atoms in total. The Bertz CT molecular complexity index is 490. The summed E-state index contributed by atoms with van der Waals surface area (Å²) in [6.45, 7) is 0. The minimum absolute atomic E-state index is 0.0342. The van der Waals surface area contributed by atoms with E-state index in [0.717, 1.165) is 16.5 Å². The van der Waals surface area contributed by atoms with E-state index < -0.39 is 0 Å². The van der Waals surface area contributed by atoms with Crippen molar-refractivity contribution in [2.24, 2.45) is 0 Å². The SMILES string of the molecule is O=C(CI)Nc1cccc2ccccc12. The van der Waals surface area contributed by atoms with Crippen LogP contribution in [0.3, 0.4) is 0 Å². The third-order valence-electron chi connectivity index (χ3n) is 2.19. The number of nitrogens with one attached hydrogen (secondary N) is 1. The molecular formula is C12H10INO. The summed E-state index contributed by atoms with van der Waals surface area (Å²) in [7, 11) is 0. The largest absolute Gasteiger partial charge is 0.325 e. The van der Waals surface area contributed by atoms with Crippen LogP contribution in [0, 0.1) is 0 Å². The summed E-state index contributed by atoms with van der Waals surface area (Å²) in [6, 6.07) is 13.9. The van der Waals surface area contributed by atoms with Crippen LogP contribution in [0.5, 0.6) is 0 Å². The highest BCUT2D eigenvalue weighted by Gasteiger charge is 2.02. The summed E-state index contributed by atoms with van der Waals surface area (Å²) in [6.07, 6.45) is 0. The fraction of sp³-hybridized carbons (Fsp3) is 0.0833. The monoisotopic (exact) mass is 311 g/mol. The van der Waals surface area contributed by atoms with Crippen molar-refractivity contribution in [3.63, 3.8) is 0 Å². The van der Waals surface area contributed by atoms with Crippen LogP contribution < -0.4 is 5.32 Å². The lowest BCUT2D eigenvalue weighted by atomic mass is 10.1. The van der Waals surface area contributed by atoms with Gasteiger partial charge in [0.15, 0.2) is 0 Å². The third kappa shape index (κ3) is 2.28. The molecule has 0 aliphatic heterocycles. The molecule has 2 aromatic carbocycles. The summed E-state index contributed by atoms with van der Waals surface area (Å²) in [4.78, 5) is 11.3. The molecule has 3 heteroatoms. The third-order valence-corrected chi connectivity index (χ3v) is 2.88. The maximum atomic E-state index is 11.3. The molecule has 1 amide bonds. The number of fused-ring (bicyclic) bond motifs is 1. The zero-order chi connectivity index (χ0) is 10.7. The second-order valence-electron chi connectivity index (χ2n) is 3.21. The minimum atomic E-state index is 0.0342. The molecule has 0 fully saturated rings. The highest BCUT2D eigenvalue weighted by Crippen LogP contribution is 2.22. The summed E-state index contributed by atoms with van der Waals surface area (Å²) in [5, 5.41) is 5.11. The van der Waals surface area contributed by atoms with Crippen LogP contribution in [0.2, 0.25) is 0 Å². The predicted molar refractivity (Wildman–Crippen MR) is 71.5 cm³/mol. The van der Waals surface area contributed by atoms with Crippen LogP contribution >= 0.6 is 22.6 Å². The van der Waals surface area contributed by atoms with Gasteiger partial charge in [-0.3, -0.25) is 4.79 Å². The second kappa shape index (κ2) is 4.61. The maximum Gasteiger partial charge on any atom is 0.234 e. The lowest BCUT2D eigenvalue weighted by Gasteiger charge is -2.06. The lowest BCUT2D eigenvalue weighted by Crippen LogP contribution is -2.12. The Morgan fingerprint density at radius 2 is 1.87 bits per heavy atom. The Morgan fingerprint density at radius 3 is 2.67 bits per heavy atom. The maximum absolute atomic E-state index is 11.3. The smallest absolute Gasteiger partial charge is 0.234 e. The van der Waals surface area contributed by atoms with E-state index in [2.05, 4.69) is 27.9 Å². The average Bonchev–Trinajstić information content (AvgIpc) is 2.29. The Balaban J connectivity index is 2.46. The second-order valence-corrected chi connectivity index (χ2v) is 3.97. The Kier molecular flexibility index (Phi) is 3.20. The molecule has 0 aliphatic rings. The summed E-state index contributed by atoms with van der Waals surface area (Å²) < 4.78 is 0.473. The van der Waals surface area contributed by atoms with Crippen LogP contribution in [0.25, 0.3) is 10.8 Å². The van der Waals surface area contributed by atoms with E-state index in [-0.39, 0.29) is 5.91 Å². The van der Waals surface area contributed by atoms with Gasteiger partial charge in [-0.25, -0.2) is 0 Å². The van der Waals surface area contributed by atoms with Crippen LogP contribution in [0.1, 0.15) is 0 Å². The molecule has 2 rings (SSSR count). The first-order valence-corrected chi connectivity index (χ1v) is 6.17. The van der Waals surface area contributed by atoms with Crippen molar-refractivity contribution in [1.29, 1.82) is 0 Å². The topological polar surface area (TPSA) is 29.1 Å². The number of carbonyl (C=O) groups excluding carboxylic acids is 1. The van der Waals surface area contributed by atoms with Gasteiger partial charge in [0, 0.05) is 11.1 Å². The van der Waals surface area contributed by atoms with Gasteiger partial charge < -0.3 is 5.32 Å². The molecule has 2 aromatic rings. The van der Waals surface area contributed by atoms with E-state index in [9.17, 15) is 4.79 Å². The zero-order valence-corrected chi connectivity index (χ0v) is 10.2. The number of halogens is 1. The van der Waals surface area contributed by atoms with Gasteiger partial charge in [-0.2, -0.15) is 0 Å². The van der Waals surface area contributed by atoms with Crippen LogP contribution in [-0.2, 0) is 4.79 Å². The molecule has 0 saturated carbocycles. The van der Waals surface area contributed by atoms with Crippen molar-refractivity contribution in [3.05, 3.63) is 42.5 Å². The number of amides is 1. The van der Waals surface area contributed by atoms with E-state index in [4.69, 9.17) is 0 Å². The Hall–Kier alpha value is -1.10. The Labute approximate surface area is 102 Å². The first-order valence-electron chi connectivity index (χ1n) is 4.65. The number of rotatable bonds is 2. The fourth-order valence-electron chi connectivity index (χ4n) is 1.52. The molecule has 0 bridgehead atoms. The first kappa shape index (κ1) is 10.4. The molecule has 0 heterocycles. The zero-order valence-electron chi connectivity index (χ0n) is 8.03. The van der Waals surface area contributed by atoms with Gasteiger partial charge in [-0.05, 0) is 11.5 Å². The van der Waals surface area contributed by atoms with Crippen LogP contribution in [0.4, 0.5) is 5.69 Å². The van der Waals surface area contributed by atoms with E-state index in [1.165, 1.54) is 0 Å². The predicted octanol–water partition coefficient (Wildman–Crippen LogP) is 3.21. The molecular weight excluding hydrogens is 301 g/mol. The van der Waals surface area contributed by atoms with Crippen molar-refractivity contribution >= 4 is 45.0 Å². The van der Waals surface area contributed by atoms with E-state index in [1.807, 2.05) is 42.5 Å². The molecule has 76 valence electrons. The lowest BCUT2D eigenvalue weighted by molar-refractivity contribution is -0.113. The molecule has 0 spiro atoms. The van der Waals surface area contributed by atoms with Crippen LogP contribution in [-0.4, -0.2) is 10.3 Å². The van der Waals surface area contributed by atoms with Gasteiger partial charge in [-0.15, -0.1) is 0 Å². The van der Waals surface area contributed by atoms with Gasteiger partial charge in [0.1, 0.15) is 0 Å². The molecule has 15 heavy (non-hydrogen) atoms.